The number of nitrogens with zero attached hydrogens (tertiary/aromatic N) is 1. The van der Waals surface area contributed by atoms with Gasteiger partial charge in [-0.15, -0.1) is 11.3 Å². The highest BCUT2D eigenvalue weighted by Gasteiger charge is 2.10. The topological polar surface area (TPSA) is 54.0 Å². The van der Waals surface area contributed by atoms with Crippen LogP contribution in [0, 0.1) is 6.92 Å². The lowest BCUT2D eigenvalue weighted by Crippen LogP contribution is -2.23. The predicted octanol–water partition coefficient (Wildman–Crippen LogP) is 3.38. The van der Waals surface area contributed by atoms with Crippen molar-refractivity contribution in [2.75, 3.05) is 11.9 Å². The smallest absolute Gasteiger partial charge is 0.251 e. The van der Waals surface area contributed by atoms with Crippen LogP contribution in [0.25, 0.3) is 0 Å². The zero-order chi connectivity index (χ0) is 15.2. The monoisotopic (exact) mass is 303 g/mol. The number of hydrogen-bond donors (Lipinski definition) is 2. The van der Waals surface area contributed by atoms with E-state index in [0.29, 0.717) is 12.1 Å². The Morgan fingerprint density at radius 2 is 2.14 bits per heavy atom. The van der Waals surface area contributed by atoms with Gasteiger partial charge >= 0.3 is 0 Å². The summed E-state index contributed by atoms with van der Waals surface area (Å²) in [7, 11) is 0. The summed E-state index contributed by atoms with van der Waals surface area (Å²) in [5, 5.41) is 7.12. The van der Waals surface area contributed by atoms with Crippen LogP contribution in [0.15, 0.2) is 24.4 Å². The zero-order valence-electron chi connectivity index (χ0n) is 12.7. The van der Waals surface area contributed by atoms with E-state index in [1.54, 1.807) is 11.3 Å². The number of carbonyl (C=O) groups is 1. The van der Waals surface area contributed by atoms with Gasteiger partial charge in [0.05, 0.1) is 6.54 Å². The van der Waals surface area contributed by atoms with Crippen molar-refractivity contribution in [3.63, 3.8) is 0 Å². The number of carbonyl (C=O) groups excluding carboxylic acids is 1. The van der Waals surface area contributed by atoms with E-state index in [4.69, 9.17) is 0 Å². The minimum atomic E-state index is -0.0520. The third kappa shape index (κ3) is 4.04. The molecule has 0 bridgehead atoms. The number of aryl methyl sites for hydroxylation is 2. The molecular weight excluding hydrogens is 282 g/mol. The Morgan fingerprint density at radius 1 is 1.33 bits per heavy atom. The molecule has 2 N–H and O–H groups in total. The molecule has 2 aromatic rings. The molecule has 1 heterocycles. The van der Waals surface area contributed by atoms with Gasteiger partial charge in [0.15, 0.2) is 0 Å². The van der Waals surface area contributed by atoms with E-state index in [0.717, 1.165) is 29.2 Å². The van der Waals surface area contributed by atoms with Gasteiger partial charge in [0, 0.05) is 28.9 Å². The quantitative estimate of drug-likeness (QED) is 0.860. The van der Waals surface area contributed by atoms with Crippen molar-refractivity contribution >= 4 is 22.9 Å². The lowest BCUT2D eigenvalue weighted by atomic mass is 10.1. The number of aromatic nitrogens is 1. The van der Waals surface area contributed by atoms with E-state index in [9.17, 15) is 4.79 Å². The van der Waals surface area contributed by atoms with E-state index in [-0.39, 0.29) is 5.91 Å². The van der Waals surface area contributed by atoms with E-state index in [1.165, 1.54) is 4.88 Å². The number of nitrogens with one attached hydrogen (secondary N) is 2. The fourth-order valence-corrected chi connectivity index (χ4v) is 2.88. The molecule has 1 amide bonds. The largest absolute Gasteiger partial charge is 0.385 e. The summed E-state index contributed by atoms with van der Waals surface area (Å²) in [6.45, 7) is 7.46. The van der Waals surface area contributed by atoms with Crippen LogP contribution < -0.4 is 10.6 Å². The van der Waals surface area contributed by atoms with Gasteiger partial charge in [-0.3, -0.25) is 4.79 Å². The first-order valence-corrected chi connectivity index (χ1v) is 8.02. The van der Waals surface area contributed by atoms with Gasteiger partial charge in [-0.2, -0.15) is 0 Å². The van der Waals surface area contributed by atoms with Crippen LogP contribution in [-0.4, -0.2) is 17.4 Å². The van der Waals surface area contributed by atoms with Crippen molar-refractivity contribution in [1.29, 1.82) is 0 Å². The summed E-state index contributed by atoms with van der Waals surface area (Å²) in [5.74, 6) is -0.0520. The van der Waals surface area contributed by atoms with Crippen molar-refractivity contribution < 1.29 is 4.79 Å². The molecule has 0 aliphatic carbocycles. The molecule has 112 valence electrons. The highest BCUT2D eigenvalue weighted by Crippen LogP contribution is 2.16. The predicted molar refractivity (Wildman–Crippen MR) is 88.0 cm³/mol. The van der Waals surface area contributed by atoms with E-state index >= 15 is 0 Å². The molecule has 0 unspecified atom stereocenters. The van der Waals surface area contributed by atoms with Crippen LogP contribution in [0.4, 0.5) is 5.69 Å². The lowest BCUT2D eigenvalue weighted by molar-refractivity contribution is 0.0950. The summed E-state index contributed by atoms with van der Waals surface area (Å²) in [6, 6.07) is 5.79. The minimum absolute atomic E-state index is 0.0520. The van der Waals surface area contributed by atoms with Crippen molar-refractivity contribution in [1.82, 2.24) is 10.3 Å². The summed E-state index contributed by atoms with van der Waals surface area (Å²) >= 11 is 1.65. The average Bonchev–Trinajstić information content (AvgIpc) is 2.93. The number of rotatable bonds is 6. The SMILES string of the molecule is CCNc1ccc(C(=O)NCc2ncc(CC)s2)c(C)c1. The Labute approximate surface area is 129 Å². The molecule has 0 saturated carbocycles. The van der Waals surface area contributed by atoms with Crippen molar-refractivity contribution in [2.45, 2.75) is 33.7 Å². The minimum Gasteiger partial charge on any atom is -0.385 e. The molecule has 21 heavy (non-hydrogen) atoms. The first-order valence-electron chi connectivity index (χ1n) is 7.20. The molecule has 5 heteroatoms. The van der Waals surface area contributed by atoms with Crippen molar-refractivity contribution in [3.8, 4) is 0 Å². The van der Waals surface area contributed by atoms with Crippen LogP contribution in [-0.2, 0) is 13.0 Å². The second kappa shape index (κ2) is 7.22. The fraction of sp³-hybridized carbons (Fsp3) is 0.375. The number of benzene rings is 1. The molecule has 0 aliphatic rings. The Morgan fingerprint density at radius 3 is 2.76 bits per heavy atom. The maximum absolute atomic E-state index is 12.2. The summed E-state index contributed by atoms with van der Waals surface area (Å²) < 4.78 is 0. The maximum Gasteiger partial charge on any atom is 0.251 e. The van der Waals surface area contributed by atoms with Crippen LogP contribution in [0.5, 0.6) is 0 Å². The number of thiazole rings is 1. The molecule has 4 nitrogen and oxygen atoms in total. The molecule has 0 aliphatic heterocycles. The van der Waals surface area contributed by atoms with Crippen molar-refractivity contribution in [2.24, 2.45) is 0 Å². The molecule has 0 spiro atoms. The average molecular weight is 303 g/mol. The second-order valence-electron chi connectivity index (χ2n) is 4.82. The molecular formula is C16H21N3OS. The second-order valence-corrected chi connectivity index (χ2v) is 6.02. The molecule has 0 saturated heterocycles. The first-order chi connectivity index (χ1) is 10.1. The molecule has 1 aromatic carbocycles. The van der Waals surface area contributed by atoms with Crippen molar-refractivity contribution in [3.05, 3.63) is 45.4 Å². The van der Waals surface area contributed by atoms with Crippen LogP contribution >= 0.6 is 11.3 Å². The first kappa shape index (κ1) is 15.5. The Balaban J connectivity index is 1.99. The van der Waals surface area contributed by atoms with Gasteiger partial charge in [-0.1, -0.05) is 6.92 Å². The summed E-state index contributed by atoms with van der Waals surface area (Å²) in [6.07, 6.45) is 2.86. The molecule has 0 atom stereocenters. The van der Waals surface area contributed by atoms with E-state index in [2.05, 4.69) is 29.5 Å². The van der Waals surface area contributed by atoms with Gasteiger partial charge < -0.3 is 10.6 Å². The van der Waals surface area contributed by atoms with Gasteiger partial charge in [0.1, 0.15) is 5.01 Å². The van der Waals surface area contributed by atoms with E-state index < -0.39 is 0 Å². The Bertz CT molecular complexity index is 622. The molecule has 0 fully saturated rings. The van der Waals surface area contributed by atoms with Gasteiger partial charge in [-0.05, 0) is 44.0 Å². The molecule has 2 rings (SSSR count). The third-order valence-electron chi connectivity index (χ3n) is 3.20. The maximum atomic E-state index is 12.2. The van der Waals surface area contributed by atoms with Crippen LogP contribution in [0.1, 0.15) is 39.7 Å². The van der Waals surface area contributed by atoms with Crippen LogP contribution in [0.2, 0.25) is 0 Å². The normalized spacial score (nSPS) is 10.4. The van der Waals surface area contributed by atoms with E-state index in [1.807, 2.05) is 31.3 Å². The highest BCUT2D eigenvalue weighted by atomic mass is 32.1. The number of hydrogen-bond acceptors (Lipinski definition) is 4. The molecule has 1 aromatic heterocycles. The summed E-state index contributed by atoms with van der Waals surface area (Å²) in [5.41, 5.74) is 2.72. The zero-order valence-corrected chi connectivity index (χ0v) is 13.5. The Hall–Kier alpha value is -1.88. The fourth-order valence-electron chi connectivity index (χ4n) is 2.08. The molecule has 0 radical (unpaired) electrons. The number of anilines is 1. The third-order valence-corrected chi connectivity index (χ3v) is 4.34. The highest BCUT2D eigenvalue weighted by molar-refractivity contribution is 7.11. The van der Waals surface area contributed by atoms with Gasteiger partial charge in [-0.25, -0.2) is 4.98 Å². The van der Waals surface area contributed by atoms with Gasteiger partial charge in [0.25, 0.3) is 5.91 Å². The van der Waals surface area contributed by atoms with Crippen LogP contribution in [0.3, 0.4) is 0 Å². The Kier molecular flexibility index (Phi) is 5.33. The number of amides is 1. The standard InChI is InChI=1S/C16H21N3OS/c1-4-13-9-18-15(21-13)10-19-16(20)14-7-6-12(17-5-2)8-11(14)3/h6-9,17H,4-5,10H2,1-3H3,(H,19,20). The lowest BCUT2D eigenvalue weighted by Gasteiger charge is -2.09. The summed E-state index contributed by atoms with van der Waals surface area (Å²) in [4.78, 5) is 17.8. The van der Waals surface area contributed by atoms with Gasteiger partial charge in [0.2, 0.25) is 0 Å².